The lowest BCUT2D eigenvalue weighted by molar-refractivity contribution is 0.278. The van der Waals surface area contributed by atoms with Gasteiger partial charge in [-0.2, -0.15) is 15.3 Å². The van der Waals surface area contributed by atoms with Gasteiger partial charge in [-0.05, 0) is 39.0 Å². The molecule has 3 heterocycles. The van der Waals surface area contributed by atoms with Crippen LogP contribution in [0, 0.1) is 20.8 Å². The zero-order valence-corrected chi connectivity index (χ0v) is 11.2. The van der Waals surface area contributed by atoms with Crippen molar-refractivity contribution in [2.24, 2.45) is 0 Å². The molecule has 0 fully saturated rings. The quantitative estimate of drug-likeness (QED) is 0.717. The van der Waals surface area contributed by atoms with Crippen LogP contribution < -0.4 is 0 Å². The number of aryl methyl sites for hydroxylation is 3. The summed E-state index contributed by atoms with van der Waals surface area (Å²) in [5.74, 6) is 0. The Hall–Kier alpha value is -2.37. The van der Waals surface area contributed by atoms with Crippen LogP contribution in [0.4, 0.5) is 0 Å². The smallest absolute Gasteiger partial charge is 0.227 e. The molecule has 19 heavy (non-hydrogen) atoms. The molecule has 0 saturated heterocycles. The number of hydrogen-bond acceptors (Lipinski definition) is 3. The first-order chi connectivity index (χ1) is 9.15. The van der Waals surface area contributed by atoms with Crippen molar-refractivity contribution in [1.82, 2.24) is 29.3 Å². The summed E-state index contributed by atoms with van der Waals surface area (Å²) < 4.78 is 5.63. The Morgan fingerprint density at radius 2 is 1.47 bits per heavy atom. The predicted octanol–water partition coefficient (Wildman–Crippen LogP) is 1.75. The fraction of sp³-hybridized carbons (Fsp3) is 0.308. The second-order valence-electron chi connectivity index (χ2n) is 4.64. The maximum absolute atomic E-state index is 4.49. The third-order valence-electron chi connectivity index (χ3n) is 3.04. The first-order valence-corrected chi connectivity index (χ1v) is 6.19. The highest BCUT2D eigenvalue weighted by atomic mass is 15.6. The van der Waals surface area contributed by atoms with E-state index in [0.717, 1.165) is 17.1 Å². The number of aromatic nitrogens is 6. The Balaban J connectivity index is 2.13. The Labute approximate surface area is 111 Å². The zero-order valence-electron chi connectivity index (χ0n) is 11.2. The van der Waals surface area contributed by atoms with Crippen LogP contribution in [-0.2, 0) is 0 Å². The maximum Gasteiger partial charge on any atom is 0.238 e. The van der Waals surface area contributed by atoms with E-state index in [2.05, 4.69) is 15.3 Å². The molecule has 3 aromatic rings. The van der Waals surface area contributed by atoms with Gasteiger partial charge in [0.05, 0.1) is 11.4 Å². The van der Waals surface area contributed by atoms with Crippen LogP contribution in [0.1, 0.15) is 23.4 Å². The van der Waals surface area contributed by atoms with Crippen LogP contribution in [0.15, 0.2) is 36.8 Å². The van der Waals surface area contributed by atoms with Gasteiger partial charge in [-0.3, -0.25) is 0 Å². The topological polar surface area (TPSA) is 53.5 Å². The minimum atomic E-state index is -0.211. The standard InChI is InChI=1S/C13H16N6/c1-10-5-8-17(15-10)13(18-9-6-11(2)16-18)19-12(3)4-7-14-19/h4-9,13H,1-3H3. The van der Waals surface area contributed by atoms with E-state index in [1.807, 2.05) is 65.4 Å². The predicted molar refractivity (Wildman–Crippen MR) is 70.7 cm³/mol. The molecule has 0 unspecified atom stereocenters. The minimum Gasteiger partial charge on any atom is -0.227 e. The molecule has 3 aromatic heterocycles. The molecule has 0 N–H and O–H groups in total. The lowest BCUT2D eigenvalue weighted by Gasteiger charge is -2.20. The number of nitrogens with zero attached hydrogens (tertiary/aromatic N) is 6. The Morgan fingerprint density at radius 3 is 1.84 bits per heavy atom. The molecular weight excluding hydrogens is 240 g/mol. The average Bonchev–Trinajstić information content (AvgIpc) is 3.06. The molecule has 3 rings (SSSR count). The van der Waals surface area contributed by atoms with Gasteiger partial charge < -0.3 is 0 Å². The lowest BCUT2D eigenvalue weighted by Crippen LogP contribution is -2.28. The fourth-order valence-electron chi connectivity index (χ4n) is 2.09. The molecule has 0 aliphatic rings. The highest BCUT2D eigenvalue weighted by Gasteiger charge is 2.18. The number of hydrogen-bond donors (Lipinski definition) is 0. The van der Waals surface area contributed by atoms with E-state index in [1.54, 1.807) is 6.20 Å². The summed E-state index contributed by atoms with van der Waals surface area (Å²) in [6.07, 6.45) is 5.46. The van der Waals surface area contributed by atoms with Crippen molar-refractivity contribution < 1.29 is 0 Å². The van der Waals surface area contributed by atoms with Gasteiger partial charge in [-0.25, -0.2) is 14.0 Å². The molecule has 0 radical (unpaired) electrons. The summed E-state index contributed by atoms with van der Waals surface area (Å²) in [7, 11) is 0. The highest BCUT2D eigenvalue weighted by molar-refractivity contribution is 5.03. The van der Waals surface area contributed by atoms with E-state index in [0.29, 0.717) is 0 Å². The highest BCUT2D eigenvalue weighted by Crippen LogP contribution is 2.14. The third kappa shape index (κ3) is 2.05. The Morgan fingerprint density at radius 1 is 0.895 bits per heavy atom. The molecule has 6 nitrogen and oxygen atoms in total. The van der Waals surface area contributed by atoms with E-state index >= 15 is 0 Å². The van der Waals surface area contributed by atoms with Crippen molar-refractivity contribution in [3.63, 3.8) is 0 Å². The van der Waals surface area contributed by atoms with Crippen molar-refractivity contribution in [2.75, 3.05) is 0 Å². The molecule has 98 valence electrons. The van der Waals surface area contributed by atoms with Gasteiger partial charge in [0.15, 0.2) is 0 Å². The molecule has 0 aliphatic carbocycles. The molecular formula is C13H16N6. The molecule has 0 aromatic carbocycles. The summed E-state index contributed by atoms with van der Waals surface area (Å²) in [5, 5.41) is 13.4. The first kappa shape index (κ1) is 11.7. The number of rotatable bonds is 3. The normalized spacial score (nSPS) is 11.4. The van der Waals surface area contributed by atoms with E-state index in [9.17, 15) is 0 Å². The van der Waals surface area contributed by atoms with Crippen LogP contribution in [0.5, 0.6) is 0 Å². The van der Waals surface area contributed by atoms with Crippen LogP contribution in [-0.4, -0.2) is 29.3 Å². The van der Waals surface area contributed by atoms with Crippen molar-refractivity contribution in [1.29, 1.82) is 0 Å². The SMILES string of the molecule is Cc1ccn(C(n2ccc(C)n2)n2nccc2C)n1. The Kier molecular flexibility index (Phi) is 2.70. The first-order valence-electron chi connectivity index (χ1n) is 6.19. The second kappa shape index (κ2) is 4.38. The minimum absolute atomic E-state index is 0.211. The van der Waals surface area contributed by atoms with Crippen molar-refractivity contribution in [3.05, 3.63) is 53.9 Å². The van der Waals surface area contributed by atoms with Gasteiger partial charge in [0.2, 0.25) is 6.29 Å². The summed E-state index contributed by atoms with van der Waals surface area (Å²) in [4.78, 5) is 0. The van der Waals surface area contributed by atoms with Gasteiger partial charge in [-0.15, -0.1) is 0 Å². The summed E-state index contributed by atoms with van der Waals surface area (Å²) >= 11 is 0. The van der Waals surface area contributed by atoms with Gasteiger partial charge in [0, 0.05) is 24.3 Å². The van der Waals surface area contributed by atoms with Gasteiger partial charge in [-0.1, -0.05) is 0 Å². The average molecular weight is 256 g/mol. The second-order valence-corrected chi connectivity index (χ2v) is 4.64. The third-order valence-corrected chi connectivity index (χ3v) is 3.04. The molecule has 0 saturated carbocycles. The fourth-order valence-corrected chi connectivity index (χ4v) is 2.09. The van der Waals surface area contributed by atoms with Crippen molar-refractivity contribution in [3.8, 4) is 0 Å². The van der Waals surface area contributed by atoms with E-state index < -0.39 is 0 Å². The van der Waals surface area contributed by atoms with Gasteiger partial charge >= 0.3 is 0 Å². The molecule has 0 atom stereocenters. The largest absolute Gasteiger partial charge is 0.238 e. The van der Waals surface area contributed by atoms with Crippen molar-refractivity contribution in [2.45, 2.75) is 27.1 Å². The lowest BCUT2D eigenvalue weighted by atomic mass is 10.5. The van der Waals surface area contributed by atoms with Crippen molar-refractivity contribution >= 4 is 0 Å². The van der Waals surface area contributed by atoms with Crippen LogP contribution >= 0.6 is 0 Å². The van der Waals surface area contributed by atoms with Crippen LogP contribution in [0.3, 0.4) is 0 Å². The van der Waals surface area contributed by atoms with Gasteiger partial charge in [0.25, 0.3) is 0 Å². The zero-order chi connectivity index (χ0) is 13.4. The monoisotopic (exact) mass is 256 g/mol. The molecule has 0 bridgehead atoms. The molecule has 0 aliphatic heterocycles. The molecule has 0 spiro atoms. The molecule has 6 heteroatoms. The van der Waals surface area contributed by atoms with Crippen LogP contribution in [0.25, 0.3) is 0 Å². The van der Waals surface area contributed by atoms with E-state index in [-0.39, 0.29) is 6.29 Å². The van der Waals surface area contributed by atoms with Crippen LogP contribution in [0.2, 0.25) is 0 Å². The maximum atomic E-state index is 4.49. The summed E-state index contributed by atoms with van der Waals surface area (Å²) in [6.45, 7) is 5.96. The van der Waals surface area contributed by atoms with Gasteiger partial charge in [0.1, 0.15) is 0 Å². The molecule has 0 amide bonds. The summed E-state index contributed by atoms with van der Waals surface area (Å²) in [6, 6.07) is 5.92. The summed E-state index contributed by atoms with van der Waals surface area (Å²) in [5.41, 5.74) is 3.00. The van der Waals surface area contributed by atoms with E-state index in [1.165, 1.54) is 0 Å². The Bertz CT molecular complexity index is 649. The van der Waals surface area contributed by atoms with E-state index in [4.69, 9.17) is 0 Å².